The van der Waals surface area contributed by atoms with Gasteiger partial charge in [0.1, 0.15) is 0 Å². The Morgan fingerprint density at radius 3 is 2.00 bits per heavy atom. The SMILES string of the molecule is FC(F)(F)[s+]1c(C2CC2)cc2ccc(Cl)cc21.O=S(=O)([O-])C(F)(F)F. The fourth-order valence-electron chi connectivity index (χ4n) is 2.05. The van der Waals surface area contributed by atoms with Gasteiger partial charge in [-0.1, -0.05) is 11.6 Å². The van der Waals surface area contributed by atoms with Crippen molar-refractivity contribution in [2.45, 2.75) is 29.8 Å². The van der Waals surface area contributed by atoms with Gasteiger partial charge in [-0.05, 0) is 25.0 Å². The maximum Gasteiger partial charge on any atom is 0.600 e. The number of hydrogen-bond acceptors (Lipinski definition) is 3. The molecule has 0 bridgehead atoms. The van der Waals surface area contributed by atoms with Gasteiger partial charge < -0.3 is 4.55 Å². The van der Waals surface area contributed by atoms with Crippen LogP contribution in [0.4, 0.5) is 26.3 Å². The van der Waals surface area contributed by atoms with Crippen LogP contribution in [-0.2, 0) is 15.6 Å². The molecule has 12 heteroatoms. The molecule has 1 aromatic heterocycles. The molecule has 0 amide bonds. The van der Waals surface area contributed by atoms with Crippen molar-refractivity contribution in [3.05, 3.63) is 34.2 Å². The van der Waals surface area contributed by atoms with Gasteiger partial charge in [0.25, 0.3) is 0 Å². The van der Waals surface area contributed by atoms with Gasteiger partial charge in [-0.15, -0.1) is 13.2 Å². The van der Waals surface area contributed by atoms with Crippen molar-refractivity contribution < 1.29 is 39.3 Å². The molecule has 0 saturated heterocycles. The lowest BCUT2D eigenvalue weighted by molar-refractivity contribution is -0.0867. The number of alkyl halides is 6. The van der Waals surface area contributed by atoms with Crippen LogP contribution in [0.3, 0.4) is 0 Å². The molecular formula is C13H9ClF6O3S2. The Kier molecular flexibility index (Phi) is 5.35. The Morgan fingerprint density at radius 2 is 1.60 bits per heavy atom. The van der Waals surface area contributed by atoms with Crippen LogP contribution in [-0.4, -0.2) is 18.5 Å². The zero-order valence-corrected chi connectivity index (χ0v) is 14.4. The molecule has 1 unspecified atom stereocenters. The minimum atomic E-state index is -6.09. The van der Waals surface area contributed by atoms with Crippen LogP contribution in [0.5, 0.6) is 0 Å². The zero-order valence-electron chi connectivity index (χ0n) is 12.0. The third-order valence-electron chi connectivity index (χ3n) is 3.22. The van der Waals surface area contributed by atoms with Crippen LogP contribution in [0.25, 0.3) is 10.1 Å². The van der Waals surface area contributed by atoms with Gasteiger partial charge in [0.05, 0.1) is 10.5 Å². The van der Waals surface area contributed by atoms with Crippen molar-refractivity contribution in [2.75, 3.05) is 0 Å². The molecule has 0 spiro atoms. The lowest BCUT2D eigenvalue weighted by Gasteiger charge is -2.08. The molecule has 2 aromatic rings. The van der Waals surface area contributed by atoms with Crippen LogP contribution in [0.1, 0.15) is 23.6 Å². The summed E-state index contributed by atoms with van der Waals surface area (Å²) >= 11 is 5.80. The van der Waals surface area contributed by atoms with Gasteiger partial charge in [-0.25, -0.2) is 8.42 Å². The maximum absolute atomic E-state index is 13.1. The standard InChI is InChI=1S/C12H9ClF3S.CHF3O3S/c13-9-4-3-8-5-10(7-1-2-7)17(11(8)6-9)12(14,15)16;2-1(3,4)8(5,6)7/h3-7H,1-2H2;(H,5,6,7)/q+1;/p-1. The largest absolute Gasteiger partial charge is 0.741 e. The number of halogens is 7. The summed E-state index contributed by atoms with van der Waals surface area (Å²) in [6.45, 7) is 0. The lowest BCUT2D eigenvalue weighted by atomic mass is 10.2. The first-order valence-corrected chi connectivity index (χ1v) is 9.57. The highest BCUT2D eigenvalue weighted by atomic mass is 35.5. The topological polar surface area (TPSA) is 57.2 Å². The van der Waals surface area contributed by atoms with Gasteiger partial charge in [0.2, 0.25) is 0 Å². The second-order valence-corrected chi connectivity index (χ2v) is 8.95. The second kappa shape index (κ2) is 6.60. The van der Waals surface area contributed by atoms with Gasteiger partial charge in [0.15, 0.2) is 19.7 Å². The average Bonchev–Trinajstić information content (AvgIpc) is 3.16. The molecule has 3 nitrogen and oxygen atoms in total. The summed E-state index contributed by atoms with van der Waals surface area (Å²) in [6, 6.07) is 6.49. The summed E-state index contributed by atoms with van der Waals surface area (Å²) in [4.78, 5) is 0.551. The Bertz CT molecular complexity index is 882. The Labute approximate surface area is 145 Å². The zero-order chi connectivity index (χ0) is 19.2. The molecule has 1 fully saturated rings. The first-order chi connectivity index (χ1) is 11.2. The Balaban J connectivity index is 0.000000242. The van der Waals surface area contributed by atoms with Crippen molar-refractivity contribution in [1.29, 1.82) is 0 Å². The normalized spacial score (nSPS) is 16.6. The van der Waals surface area contributed by atoms with Crippen molar-refractivity contribution in [2.24, 2.45) is 0 Å². The highest BCUT2D eigenvalue weighted by Crippen LogP contribution is 2.57. The Hall–Kier alpha value is -1.04. The molecule has 25 heavy (non-hydrogen) atoms. The van der Waals surface area contributed by atoms with Gasteiger partial charge in [-0.3, -0.25) is 0 Å². The molecule has 3 rings (SSSR count). The third-order valence-corrected chi connectivity index (χ3v) is 6.20. The van der Waals surface area contributed by atoms with Crippen LogP contribution in [0, 0.1) is 0 Å². The van der Waals surface area contributed by atoms with Crippen LogP contribution in [0.15, 0.2) is 24.3 Å². The monoisotopic (exact) mass is 426 g/mol. The van der Waals surface area contributed by atoms with Gasteiger partial charge in [0, 0.05) is 28.5 Å². The molecule has 0 radical (unpaired) electrons. The summed E-state index contributed by atoms with van der Waals surface area (Å²) in [6.07, 6.45) is 1.76. The fourth-order valence-corrected chi connectivity index (χ4v) is 4.48. The van der Waals surface area contributed by atoms with E-state index >= 15 is 0 Å². The first-order valence-electron chi connectivity index (χ1n) is 6.56. The number of hydrogen-bond donors (Lipinski definition) is 0. The minimum absolute atomic E-state index is 0.131. The van der Waals surface area contributed by atoms with E-state index < -0.39 is 31.6 Å². The molecule has 0 N–H and O–H groups in total. The van der Waals surface area contributed by atoms with E-state index in [4.69, 9.17) is 24.6 Å². The highest BCUT2D eigenvalue weighted by Gasteiger charge is 2.51. The first kappa shape index (κ1) is 20.3. The summed E-state index contributed by atoms with van der Waals surface area (Å²) in [5.74, 6) is 0.131. The van der Waals surface area contributed by atoms with E-state index in [1.165, 1.54) is 6.07 Å². The van der Waals surface area contributed by atoms with Crippen LogP contribution < -0.4 is 0 Å². The van der Waals surface area contributed by atoms with E-state index in [0.717, 1.165) is 12.8 Å². The van der Waals surface area contributed by atoms with Crippen molar-refractivity contribution in [3.8, 4) is 0 Å². The average molecular weight is 427 g/mol. The lowest BCUT2D eigenvalue weighted by Crippen LogP contribution is -2.21. The van der Waals surface area contributed by atoms with E-state index in [1.807, 2.05) is 0 Å². The molecule has 1 saturated carbocycles. The van der Waals surface area contributed by atoms with Crippen LogP contribution >= 0.6 is 22.1 Å². The Morgan fingerprint density at radius 1 is 1.08 bits per heavy atom. The maximum atomic E-state index is 13.1. The highest BCUT2D eigenvalue weighted by molar-refractivity contribution is 7.86. The molecule has 1 aromatic carbocycles. The van der Waals surface area contributed by atoms with Crippen LogP contribution in [0.2, 0.25) is 5.02 Å². The summed E-state index contributed by atoms with van der Waals surface area (Å²) in [5.41, 5.74) is -9.84. The van der Waals surface area contributed by atoms with Gasteiger partial charge >= 0.3 is 11.0 Å². The van der Waals surface area contributed by atoms with E-state index in [-0.39, 0.29) is 5.92 Å². The third kappa shape index (κ3) is 4.78. The van der Waals surface area contributed by atoms with Gasteiger partial charge in [-0.2, -0.15) is 13.2 Å². The van der Waals surface area contributed by atoms with E-state index in [9.17, 15) is 26.3 Å². The molecule has 0 aliphatic heterocycles. The number of benzene rings is 1. The summed E-state index contributed by atoms with van der Waals surface area (Å²) in [7, 11) is -7.85. The second-order valence-electron chi connectivity index (χ2n) is 5.15. The number of rotatable bonds is 1. The van der Waals surface area contributed by atoms with Crippen molar-refractivity contribution in [1.82, 2.24) is 0 Å². The van der Waals surface area contributed by atoms with E-state index in [0.29, 0.717) is 20.0 Å². The molecule has 1 heterocycles. The molecule has 1 aliphatic carbocycles. The molecule has 140 valence electrons. The van der Waals surface area contributed by atoms with E-state index in [2.05, 4.69) is 0 Å². The minimum Gasteiger partial charge on any atom is -0.741 e. The predicted molar refractivity (Wildman–Crippen MR) is 80.5 cm³/mol. The molecular weight excluding hydrogens is 418 g/mol. The smallest absolute Gasteiger partial charge is 0.600 e. The molecule has 1 aliphatic rings. The summed E-state index contributed by atoms with van der Waals surface area (Å²) in [5, 5.41) is 1.05. The number of thiophene rings is 1. The number of fused-ring (bicyclic) bond motifs is 1. The fraction of sp³-hybridized carbons (Fsp3) is 0.385. The summed E-state index contributed by atoms with van der Waals surface area (Å²) < 4.78 is 98.7. The van der Waals surface area contributed by atoms with E-state index in [1.54, 1.807) is 18.2 Å². The quantitative estimate of drug-likeness (QED) is 0.256. The van der Waals surface area contributed by atoms with Crippen molar-refractivity contribution >= 4 is 42.3 Å². The molecule has 1 atom stereocenters. The van der Waals surface area contributed by atoms with Crippen molar-refractivity contribution in [3.63, 3.8) is 0 Å². The predicted octanol–water partition coefficient (Wildman–Crippen LogP) is 5.65.